The van der Waals surface area contributed by atoms with Gasteiger partial charge in [0, 0.05) is 24.6 Å². The highest BCUT2D eigenvalue weighted by Crippen LogP contribution is 2.23. The fourth-order valence-electron chi connectivity index (χ4n) is 3.38. The van der Waals surface area contributed by atoms with Crippen LogP contribution in [0, 0.1) is 12.7 Å². The zero-order valence-electron chi connectivity index (χ0n) is 17.6. The predicted molar refractivity (Wildman–Crippen MR) is 118 cm³/mol. The molecule has 3 aromatic rings. The Kier molecular flexibility index (Phi) is 6.74. The first-order valence-electron chi connectivity index (χ1n) is 9.82. The highest BCUT2D eigenvalue weighted by atomic mass is 32.2. The summed E-state index contributed by atoms with van der Waals surface area (Å²) in [6.45, 7) is 3.89. The van der Waals surface area contributed by atoms with Gasteiger partial charge >= 0.3 is 0 Å². The van der Waals surface area contributed by atoms with E-state index >= 15 is 0 Å². The minimum Gasteiger partial charge on any atom is -0.350 e. The quantitative estimate of drug-likeness (QED) is 0.578. The second-order valence-electron chi connectivity index (χ2n) is 7.19. The van der Waals surface area contributed by atoms with Crippen molar-refractivity contribution in [3.05, 3.63) is 78.1 Å². The number of aromatic nitrogens is 2. The Labute approximate surface area is 181 Å². The number of benzene rings is 2. The van der Waals surface area contributed by atoms with Crippen molar-refractivity contribution in [2.75, 3.05) is 10.6 Å². The van der Waals surface area contributed by atoms with E-state index in [4.69, 9.17) is 0 Å². The molecule has 0 bridgehead atoms. The molecule has 2 aromatic carbocycles. The van der Waals surface area contributed by atoms with E-state index in [2.05, 4.69) is 10.3 Å². The van der Waals surface area contributed by atoms with Gasteiger partial charge in [0.15, 0.2) is 0 Å². The van der Waals surface area contributed by atoms with Crippen molar-refractivity contribution in [2.45, 2.75) is 32.9 Å². The van der Waals surface area contributed by atoms with Crippen molar-refractivity contribution in [1.82, 2.24) is 14.9 Å². The zero-order valence-corrected chi connectivity index (χ0v) is 18.4. The molecule has 0 aliphatic carbocycles. The largest absolute Gasteiger partial charge is 0.350 e. The lowest BCUT2D eigenvalue weighted by molar-refractivity contribution is -0.122. The van der Waals surface area contributed by atoms with E-state index < -0.39 is 27.8 Å². The Morgan fingerprint density at radius 2 is 1.81 bits per heavy atom. The standard InChI is InChI=1S/C22H25FN4O3S/c1-4-21(27(31(3,29)30)20-11-7-18(23)8-12-20)22(28)25-15-17-5-9-19(10-6-17)26-14-13-24-16(26)2/h5-14,21H,4,15H2,1-3H3,(H,25,28)/t21-/m1/s1. The number of aryl methyl sites for hydroxylation is 1. The normalized spacial score (nSPS) is 12.4. The summed E-state index contributed by atoms with van der Waals surface area (Å²) in [5.41, 5.74) is 2.07. The summed E-state index contributed by atoms with van der Waals surface area (Å²) < 4.78 is 41.1. The van der Waals surface area contributed by atoms with E-state index in [0.29, 0.717) is 0 Å². The second-order valence-corrected chi connectivity index (χ2v) is 9.05. The van der Waals surface area contributed by atoms with Crippen LogP contribution in [0.2, 0.25) is 0 Å². The molecule has 1 heterocycles. The van der Waals surface area contributed by atoms with Crippen molar-refractivity contribution in [3.8, 4) is 5.69 Å². The number of halogens is 1. The molecule has 1 aromatic heterocycles. The molecule has 9 heteroatoms. The van der Waals surface area contributed by atoms with E-state index in [9.17, 15) is 17.6 Å². The number of rotatable bonds is 8. The molecular weight excluding hydrogens is 419 g/mol. The summed E-state index contributed by atoms with van der Waals surface area (Å²) in [5.74, 6) is -0.0377. The number of anilines is 1. The molecule has 0 unspecified atom stereocenters. The molecule has 1 atom stereocenters. The van der Waals surface area contributed by atoms with Crippen LogP contribution in [0.15, 0.2) is 60.9 Å². The fourth-order valence-corrected chi connectivity index (χ4v) is 4.59. The molecule has 164 valence electrons. The molecule has 31 heavy (non-hydrogen) atoms. The third-order valence-electron chi connectivity index (χ3n) is 4.92. The van der Waals surface area contributed by atoms with Crippen LogP contribution < -0.4 is 9.62 Å². The minimum absolute atomic E-state index is 0.242. The summed E-state index contributed by atoms with van der Waals surface area (Å²) in [6.07, 6.45) is 4.88. The highest BCUT2D eigenvalue weighted by Gasteiger charge is 2.31. The fraction of sp³-hybridized carbons (Fsp3) is 0.273. The van der Waals surface area contributed by atoms with Crippen LogP contribution in [0.1, 0.15) is 24.7 Å². The number of carbonyl (C=O) groups excluding carboxylic acids is 1. The maximum atomic E-state index is 13.3. The van der Waals surface area contributed by atoms with Gasteiger partial charge in [0.1, 0.15) is 17.7 Å². The Morgan fingerprint density at radius 3 is 2.32 bits per heavy atom. The smallest absolute Gasteiger partial charge is 0.244 e. The van der Waals surface area contributed by atoms with Crippen molar-refractivity contribution >= 4 is 21.6 Å². The number of carbonyl (C=O) groups is 1. The van der Waals surface area contributed by atoms with Crippen molar-refractivity contribution in [1.29, 1.82) is 0 Å². The topological polar surface area (TPSA) is 84.3 Å². The second kappa shape index (κ2) is 9.30. The van der Waals surface area contributed by atoms with Gasteiger partial charge < -0.3 is 9.88 Å². The SMILES string of the molecule is CC[C@H](C(=O)NCc1ccc(-n2ccnc2C)cc1)N(c1ccc(F)cc1)S(C)(=O)=O. The zero-order chi connectivity index (χ0) is 22.6. The van der Waals surface area contributed by atoms with Gasteiger partial charge in [0.2, 0.25) is 15.9 Å². The van der Waals surface area contributed by atoms with Crippen molar-refractivity contribution in [2.24, 2.45) is 0 Å². The number of hydrogen-bond acceptors (Lipinski definition) is 4. The summed E-state index contributed by atoms with van der Waals surface area (Å²) in [4.78, 5) is 17.1. The van der Waals surface area contributed by atoms with Gasteiger partial charge in [-0.1, -0.05) is 19.1 Å². The van der Waals surface area contributed by atoms with Gasteiger partial charge in [0.25, 0.3) is 0 Å². The number of nitrogens with zero attached hydrogens (tertiary/aromatic N) is 3. The lowest BCUT2D eigenvalue weighted by atomic mass is 10.1. The number of amides is 1. The molecule has 0 saturated heterocycles. The van der Waals surface area contributed by atoms with Crippen LogP contribution >= 0.6 is 0 Å². The summed E-state index contributed by atoms with van der Waals surface area (Å²) in [5, 5.41) is 2.81. The number of nitrogens with one attached hydrogen (secondary N) is 1. The number of hydrogen-bond donors (Lipinski definition) is 1. The molecule has 1 N–H and O–H groups in total. The first-order valence-corrected chi connectivity index (χ1v) is 11.7. The number of imidazole rings is 1. The predicted octanol–water partition coefficient (Wildman–Crippen LogP) is 3.18. The van der Waals surface area contributed by atoms with Crippen LogP contribution in [0.4, 0.5) is 10.1 Å². The van der Waals surface area contributed by atoms with Gasteiger partial charge in [-0.3, -0.25) is 9.10 Å². The van der Waals surface area contributed by atoms with Crippen LogP contribution in [0.3, 0.4) is 0 Å². The lowest BCUT2D eigenvalue weighted by Gasteiger charge is -2.30. The molecule has 0 radical (unpaired) electrons. The summed E-state index contributed by atoms with van der Waals surface area (Å²) in [7, 11) is -3.76. The van der Waals surface area contributed by atoms with E-state index in [1.165, 1.54) is 24.3 Å². The van der Waals surface area contributed by atoms with Crippen molar-refractivity contribution in [3.63, 3.8) is 0 Å². The Hall–Kier alpha value is -3.20. The van der Waals surface area contributed by atoms with Gasteiger partial charge in [-0.25, -0.2) is 17.8 Å². The molecule has 3 rings (SSSR count). The molecule has 0 aliphatic rings. The third-order valence-corrected chi connectivity index (χ3v) is 6.10. The third kappa shape index (κ3) is 5.29. The van der Waals surface area contributed by atoms with Crippen LogP contribution in [0.5, 0.6) is 0 Å². The molecule has 1 amide bonds. The molecule has 0 fully saturated rings. The average Bonchev–Trinajstić information content (AvgIpc) is 3.16. The number of sulfonamides is 1. The van der Waals surface area contributed by atoms with Gasteiger partial charge in [-0.2, -0.15) is 0 Å². The maximum absolute atomic E-state index is 13.3. The molecule has 7 nitrogen and oxygen atoms in total. The van der Waals surface area contributed by atoms with E-state index in [-0.39, 0.29) is 18.7 Å². The molecular formula is C22H25FN4O3S. The highest BCUT2D eigenvalue weighted by molar-refractivity contribution is 7.92. The van der Waals surface area contributed by atoms with Crippen LogP contribution in [0.25, 0.3) is 5.69 Å². The summed E-state index contributed by atoms with van der Waals surface area (Å²) >= 11 is 0. The molecule has 0 saturated carbocycles. The minimum atomic E-state index is -3.76. The first-order chi connectivity index (χ1) is 14.7. The average molecular weight is 445 g/mol. The lowest BCUT2D eigenvalue weighted by Crippen LogP contribution is -2.49. The molecule has 0 aliphatic heterocycles. The van der Waals surface area contributed by atoms with E-state index in [1.54, 1.807) is 13.1 Å². The van der Waals surface area contributed by atoms with Crippen LogP contribution in [-0.2, 0) is 21.4 Å². The van der Waals surface area contributed by atoms with Crippen LogP contribution in [-0.4, -0.2) is 36.2 Å². The summed E-state index contributed by atoms with van der Waals surface area (Å²) in [6, 6.07) is 11.7. The maximum Gasteiger partial charge on any atom is 0.244 e. The Bertz CT molecular complexity index is 1140. The Morgan fingerprint density at radius 1 is 1.16 bits per heavy atom. The van der Waals surface area contributed by atoms with Crippen molar-refractivity contribution < 1.29 is 17.6 Å². The first kappa shape index (κ1) is 22.5. The van der Waals surface area contributed by atoms with Gasteiger partial charge in [0.05, 0.1) is 11.9 Å². The van der Waals surface area contributed by atoms with E-state index in [1.807, 2.05) is 42.0 Å². The van der Waals surface area contributed by atoms with Gasteiger partial charge in [-0.15, -0.1) is 0 Å². The monoisotopic (exact) mass is 444 g/mol. The van der Waals surface area contributed by atoms with E-state index in [0.717, 1.165) is 27.6 Å². The Balaban J connectivity index is 1.74. The van der Waals surface area contributed by atoms with Gasteiger partial charge in [-0.05, 0) is 55.3 Å². The molecule has 0 spiro atoms.